The number of hydrogen-bond donors (Lipinski definition) is 0. The van der Waals surface area contributed by atoms with E-state index in [0.29, 0.717) is 13.1 Å². The molecule has 0 amide bonds. The van der Waals surface area contributed by atoms with Crippen molar-refractivity contribution >= 4 is 10.0 Å². The molecule has 4 nitrogen and oxygen atoms in total. The van der Waals surface area contributed by atoms with Gasteiger partial charge in [-0.05, 0) is 33.6 Å². The quantitative estimate of drug-likeness (QED) is 0.736. The fourth-order valence-electron chi connectivity index (χ4n) is 1.55. The van der Waals surface area contributed by atoms with Crippen LogP contribution < -0.4 is 0 Å². The Labute approximate surface area is 92.7 Å². The molecule has 0 unspecified atom stereocenters. The third kappa shape index (κ3) is 4.49. The summed E-state index contributed by atoms with van der Waals surface area (Å²) >= 11 is 0. The van der Waals surface area contributed by atoms with E-state index in [-0.39, 0.29) is 18.0 Å². The van der Waals surface area contributed by atoms with Gasteiger partial charge in [-0.1, -0.05) is 0 Å². The van der Waals surface area contributed by atoms with Gasteiger partial charge in [0.1, 0.15) is 0 Å². The van der Waals surface area contributed by atoms with E-state index in [4.69, 9.17) is 4.74 Å². The Balaban J connectivity index is 2.37. The van der Waals surface area contributed by atoms with Crippen LogP contribution in [0.2, 0.25) is 0 Å². The molecule has 0 aliphatic carbocycles. The number of hydrogen-bond acceptors (Lipinski definition) is 3. The summed E-state index contributed by atoms with van der Waals surface area (Å²) in [5.41, 5.74) is -0.263. The van der Waals surface area contributed by atoms with E-state index < -0.39 is 10.0 Å². The van der Waals surface area contributed by atoms with Crippen LogP contribution in [0.15, 0.2) is 0 Å². The molecule has 1 heterocycles. The number of sulfonamides is 1. The molecule has 15 heavy (non-hydrogen) atoms. The van der Waals surface area contributed by atoms with Crippen molar-refractivity contribution in [3.63, 3.8) is 0 Å². The molecule has 0 saturated carbocycles. The lowest BCUT2D eigenvalue weighted by molar-refractivity contribution is 0.00618. The van der Waals surface area contributed by atoms with Gasteiger partial charge in [0, 0.05) is 13.1 Å². The molecule has 0 bridgehead atoms. The zero-order valence-electron chi connectivity index (χ0n) is 9.82. The third-order valence-electron chi connectivity index (χ3n) is 2.33. The summed E-state index contributed by atoms with van der Waals surface area (Å²) in [5.74, 6) is 0.101. The molecule has 5 heteroatoms. The standard InChI is InChI=1S/C10H21NO3S/c1-10(2,3)14-8-9-15(12,13)11-6-4-5-7-11/h4-9H2,1-3H3. The highest BCUT2D eigenvalue weighted by Gasteiger charge is 2.25. The van der Waals surface area contributed by atoms with E-state index in [1.54, 1.807) is 4.31 Å². The minimum absolute atomic E-state index is 0.101. The summed E-state index contributed by atoms with van der Waals surface area (Å²) < 4.78 is 30.5. The Morgan fingerprint density at radius 1 is 1.20 bits per heavy atom. The minimum atomic E-state index is -3.07. The van der Waals surface area contributed by atoms with Crippen molar-refractivity contribution in [2.45, 2.75) is 39.2 Å². The van der Waals surface area contributed by atoms with Crippen LogP contribution in [-0.2, 0) is 14.8 Å². The van der Waals surface area contributed by atoms with Crippen molar-refractivity contribution < 1.29 is 13.2 Å². The molecular formula is C10H21NO3S. The Morgan fingerprint density at radius 2 is 1.73 bits per heavy atom. The Kier molecular flexibility index (Phi) is 4.14. The van der Waals surface area contributed by atoms with Gasteiger partial charge in [0.15, 0.2) is 0 Å². The van der Waals surface area contributed by atoms with Gasteiger partial charge >= 0.3 is 0 Å². The molecule has 0 aromatic carbocycles. The average molecular weight is 235 g/mol. The van der Waals surface area contributed by atoms with E-state index in [2.05, 4.69) is 0 Å². The van der Waals surface area contributed by atoms with E-state index in [1.807, 2.05) is 20.8 Å². The number of nitrogens with zero attached hydrogens (tertiary/aromatic N) is 1. The predicted molar refractivity (Wildman–Crippen MR) is 60.3 cm³/mol. The van der Waals surface area contributed by atoms with Crippen molar-refractivity contribution in [3.8, 4) is 0 Å². The number of ether oxygens (including phenoxy) is 1. The van der Waals surface area contributed by atoms with Crippen molar-refractivity contribution in [2.75, 3.05) is 25.4 Å². The van der Waals surface area contributed by atoms with Gasteiger partial charge in [0.2, 0.25) is 10.0 Å². The molecule has 0 spiro atoms. The lowest BCUT2D eigenvalue weighted by atomic mass is 10.2. The predicted octanol–water partition coefficient (Wildman–Crippen LogP) is 1.23. The summed E-state index contributed by atoms with van der Waals surface area (Å²) in [7, 11) is -3.07. The van der Waals surface area contributed by atoms with Crippen molar-refractivity contribution in [1.82, 2.24) is 4.31 Å². The Hall–Kier alpha value is -0.130. The van der Waals surface area contributed by atoms with Gasteiger partial charge in [-0.15, -0.1) is 0 Å². The smallest absolute Gasteiger partial charge is 0.216 e. The zero-order valence-corrected chi connectivity index (χ0v) is 10.6. The van der Waals surface area contributed by atoms with E-state index in [9.17, 15) is 8.42 Å². The maximum absolute atomic E-state index is 11.8. The molecule has 1 fully saturated rings. The van der Waals surface area contributed by atoms with Crippen molar-refractivity contribution in [2.24, 2.45) is 0 Å². The average Bonchev–Trinajstić information content (AvgIpc) is 2.52. The highest BCUT2D eigenvalue weighted by Crippen LogP contribution is 2.14. The third-order valence-corrected chi connectivity index (χ3v) is 4.17. The molecule has 0 radical (unpaired) electrons. The molecule has 0 atom stereocenters. The lowest BCUT2D eigenvalue weighted by Gasteiger charge is -2.21. The lowest BCUT2D eigenvalue weighted by Crippen LogP contribution is -2.33. The van der Waals surface area contributed by atoms with Gasteiger partial charge in [-0.25, -0.2) is 12.7 Å². The first-order valence-corrected chi connectivity index (χ1v) is 7.04. The van der Waals surface area contributed by atoms with Gasteiger partial charge in [-0.2, -0.15) is 0 Å². The van der Waals surface area contributed by atoms with Gasteiger partial charge < -0.3 is 4.74 Å². The summed E-state index contributed by atoms with van der Waals surface area (Å²) in [6.45, 7) is 7.42. The van der Waals surface area contributed by atoms with Crippen molar-refractivity contribution in [1.29, 1.82) is 0 Å². The van der Waals surface area contributed by atoms with Crippen LogP contribution in [-0.4, -0.2) is 43.8 Å². The molecule has 0 aromatic rings. The van der Waals surface area contributed by atoms with Crippen LogP contribution in [0.4, 0.5) is 0 Å². The zero-order chi connectivity index (χ0) is 11.5. The summed E-state index contributed by atoms with van der Waals surface area (Å²) in [6, 6.07) is 0. The first-order valence-electron chi connectivity index (χ1n) is 5.43. The largest absolute Gasteiger partial charge is 0.375 e. The Morgan fingerprint density at radius 3 is 2.20 bits per heavy atom. The second-order valence-electron chi connectivity index (χ2n) is 4.88. The van der Waals surface area contributed by atoms with Crippen molar-refractivity contribution in [3.05, 3.63) is 0 Å². The highest BCUT2D eigenvalue weighted by molar-refractivity contribution is 7.89. The van der Waals surface area contributed by atoms with E-state index >= 15 is 0 Å². The molecule has 1 aliphatic rings. The normalized spacial score (nSPS) is 19.7. The molecule has 1 saturated heterocycles. The van der Waals surface area contributed by atoms with Crippen LogP contribution in [0, 0.1) is 0 Å². The maximum Gasteiger partial charge on any atom is 0.216 e. The summed E-state index contributed by atoms with van der Waals surface area (Å²) in [4.78, 5) is 0. The maximum atomic E-state index is 11.8. The second kappa shape index (κ2) is 4.80. The van der Waals surface area contributed by atoms with Gasteiger partial charge in [-0.3, -0.25) is 0 Å². The molecule has 90 valence electrons. The summed E-state index contributed by atoms with van der Waals surface area (Å²) in [6.07, 6.45) is 1.97. The fraction of sp³-hybridized carbons (Fsp3) is 1.00. The first-order chi connectivity index (χ1) is 6.81. The van der Waals surface area contributed by atoms with Gasteiger partial charge in [0.25, 0.3) is 0 Å². The van der Waals surface area contributed by atoms with Crippen LogP contribution in [0.25, 0.3) is 0 Å². The van der Waals surface area contributed by atoms with Crippen LogP contribution in [0.3, 0.4) is 0 Å². The topological polar surface area (TPSA) is 46.6 Å². The minimum Gasteiger partial charge on any atom is -0.375 e. The SMILES string of the molecule is CC(C)(C)OCCS(=O)(=O)N1CCCC1. The van der Waals surface area contributed by atoms with Gasteiger partial charge in [0.05, 0.1) is 18.0 Å². The monoisotopic (exact) mass is 235 g/mol. The number of rotatable bonds is 4. The first kappa shape index (κ1) is 12.9. The molecule has 1 rings (SSSR count). The second-order valence-corrected chi connectivity index (χ2v) is 6.97. The molecule has 0 aromatic heterocycles. The van der Waals surface area contributed by atoms with E-state index in [1.165, 1.54) is 0 Å². The Bertz CT molecular complexity index is 286. The van der Waals surface area contributed by atoms with E-state index in [0.717, 1.165) is 12.8 Å². The molecule has 0 N–H and O–H groups in total. The fourth-order valence-corrected chi connectivity index (χ4v) is 2.92. The van der Waals surface area contributed by atoms with Crippen LogP contribution in [0.1, 0.15) is 33.6 Å². The van der Waals surface area contributed by atoms with Crippen LogP contribution >= 0.6 is 0 Å². The molecular weight excluding hydrogens is 214 g/mol. The highest BCUT2D eigenvalue weighted by atomic mass is 32.2. The van der Waals surface area contributed by atoms with Crippen LogP contribution in [0.5, 0.6) is 0 Å². The molecule has 1 aliphatic heterocycles. The summed E-state index contributed by atoms with van der Waals surface area (Å²) in [5, 5.41) is 0.